The monoisotopic (exact) mass is 617 g/mol. The van der Waals surface area contributed by atoms with Crippen LogP contribution in [0, 0.1) is 5.92 Å². The zero-order chi connectivity index (χ0) is 29.2. The maximum absolute atomic E-state index is 13.8. The first-order valence-corrected chi connectivity index (χ1v) is 15.6. The number of rotatable bonds is 9. The van der Waals surface area contributed by atoms with Gasteiger partial charge >= 0.3 is 12.0 Å². The Bertz CT molecular complexity index is 1290. The summed E-state index contributed by atoms with van der Waals surface area (Å²) in [6.45, 7) is 1.82. The number of fused-ring (bicyclic) bond motifs is 1. The van der Waals surface area contributed by atoms with Gasteiger partial charge in [-0.25, -0.2) is 9.79 Å². The number of urea groups is 1. The molecule has 3 aliphatic rings. The average Bonchev–Trinajstić information content (AvgIpc) is 3.25. The Kier molecular flexibility index (Phi) is 9.48. The zero-order valence-corrected chi connectivity index (χ0v) is 24.8. The van der Waals surface area contributed by atoms with Gasteiger partial charge in [-0.3, -0.25) is 18.7 Å². The van der Waals surface area contributed by atoms with Gasteiger partial charge in [-0.05, 0) is 43.9 Å². The first-order chi connectivity index (χ1) is 18.9. The van der Waals surface area contributed by atoms with Crippen molar-refractivity contribution in [2.75, 3.05) is 33.1 Å². The van der Waals surface area contributed by atoms with E-state index in [1.165, 1.54) is 4.90 Å². The van der Waals surface area contributed by atoms with Crippen LogP contribution < -0.4 is 5.32 Å². The number of nitrogens with one attached hydrogen (secondary N) is 1. The minimum absolute atomic E-state index is 0.0163. The summed E-state index contributed by atoms with van der Waals surface area (Å²) in [7, 11) is -2.17. The van der Waals surface area contributed by atoms with Gasteiger partial charge in [-0.1, -0.05) is 35.7 Å². The van der Waals surface area contributed by atoms with Crippen LogP contribution in [0.1, 0.15) is 38.2 Å². The van der Waals surface area contributed by atoms with Crippen molar-refractivity contribution in [3.8, 4) is 0 Å². The van der Waals surface area contributed by atoms with Gasteiger partial charge in [0, 0.05) is 19.6 Å². The number of ether oxygens (including phenoxy) is 1. The van der Waals surface area contributed by atoms with Gasteiger partial charge in [-0.15, -0.1) is 0 Å². The molecule has 2 aliphatic heterocycles. The number of likely N-dealkylation sites (N-methyl/N-ethyl adjacent to an activating group) is 1. The van der Waals surface area contributed by atoms with Crippen molar-refractivity contribution in [1.29, 1.82) is 0 Å². The van der Waals surface area contributed by atoms with Gasteiger partial charge in [0.25, 0.3) is 16.0 Å². The van der Waals surface area contributed by atoms with E-state index in [1.54, 1.807) is 37.1 Å². The number of benzene rings is 1. The lowest BCUT2D eigenvalue weighted by molar-refractivity contribution is -0.149. The third-order valence-corrected chi connectivity index (χ3v) is 8.51. The highest BCUT2D eigenvalue weighted by molar-refractivity contribution is 7.85. The molecular weight excluding hydrogens is 585 g/mol. The summed E-state index contributed by atoms with van der Waals surface area (Å²) in [4.78, 5) is 48.2. The van der Waals surface area contributed by atoms with Crippen LogP contribution in [0.25, 0.3) is 0 Å². The van der Waals surface area contributed by atoms with Crippen LogP contribution in [0.2, 0.25) is 10.0 Å². The highest BCUT2D eigenvalue weighted by atomic mass is 35.5. The summed E-state index contributed by atoms with van der Waals surface area (Å²) in [6.07, 6.45) is 2.92. The number of hydrogen-bond donors (Lipinski definition) is 1. The molecule has 4 atom stereocenters. The highest BCUT2D eigenvalue weighted by Gasteiger charge is 2.52. The topological polar surface area (TPSA) is 138 Å². The molecule has 3 amide bonds. The average molecular weight is 619 g/mol. The predicted molar refractivity (Wildman–Crippen MR) is 148 cm³/mol. The Morgan fingerprint density at radius 3 is 2.62 bits per heavy atom. The summed E-state index contributed by atoms with van der Waals surface area (Å²) in [5.41, 5.74) is 0.611. The number of amides is 3. The zero-order valence-electron chi connectivity index (χ0n) is 22.5. The Hall–Kier alpha value is -2.61. The van der Waals surface area contributed by atoms with Crippen LogP contribution in [0.15, 0.2) is 23.2 Å². The summed E-state index contributed by atoms with van der Waals surface area (Å²) < 4.78 is 33.4. The van der Waals surface area contributed by atoms with E-state index < -0.39 is 34.3 Å². The number of imide groups is 1. The van der Waals surface area contributed by atoms with Gasteiger partial charge in [0.05, 0.1) is 42.0 Å². The standard InChI is InChI=1S/C25H33Cl2N5O7S/c1-4-38-23(34)16-6-5-7-17(13-16)28-24-29-21-20(31(24)10-11-39-40(3,36)37)22(33)32(25(35)30(21)2)14-15-8-9-18(26)19(27)12-15/h8-9,12,16-17,20-21H,4-7,10-11,13-14H2,1-3H3,(H,28,29). The van der Waals surface area contributed by atoms with Crippen molar-refractivity contribution >= 4 is 57.2 Å². The molecule has 1 aromatic rings. The summed E-state index contributed by atoms with van der Waals surface area (Å²) in [5, 5.41) is 4.00. The quantitative estimate of drug-likeness (QED) is 0.327. The molecule has 15 heteroatoms. The van der Waals surface area contributed by atoms with E-state index >= 15 is 0 Å². The molecule has 1 saturated heterocycles. The first-order valence-electron chi connectivity index (χ1n) is 13.0. The molecule has 12 nitrogen and oxygen atoms in total. The van der Waals surface area contributed by atoms with Crippen LogP contribution >= 0.6 is 23.2 Å². The molecule has 2 fully saturated rings. The second-order valence-electron chi connectivity index (χ2n) is 10.1. The summed E-state index contributed by atoms with van der Waals surface area (Å²) >= 11 is 12.2. The van der Waals surface area contributed by atoms with E-state index in [1.807, 2.05) is 0 Å². The number of hydrogen-bond acceptors (Lipinski definition) is 10. The fourth-order valence-corrected chi connectivity index (χ4v) is 5.97. The maximum Gasteiger partial charge on any atom is 0.328 e. The SMILES string of the molecule is CCOC(=O)C1CCCC(NC2=NC3C(C(=O)N(Cc4ccc(Cl)c(Cl)c4)C(=O)N3C)N2CCOS(C)(=O)=O)C1. The van der Waals surface area contributed by atoms with Crippen molar-refractivity contribution in [3.05, 3.63) is 33.8 Å². The molecule has 4 rings (SSSR count). The van der Waals surface area contributed by atoms with Crippen LogP contribution in [0.3, 0.4) is 0 Å². The van der Waals surface area contributed by atoms with E-state index in [0.717, 1.165) is 30.4 Å². The molecule has 4 unspecified atom stereocenters. The number of carbonyl (C=O) groups excluding carboxylic acids is 3. The minimum Gasteiger partial charge on any atom is -0.466 e. The minimum atomic E-state index is -3.73. The molecule has 0 bridgehead atoms. The number of esters is 1. The molecule has 0 aromatic heterocycles. The van der Waals surface area contributed by atoms with Crippen LogP contribution in [0.4, 0.5) is 4.79 Å². The van der Waals surface area contributed by atoms with Crippen LogP contribution in [-0.2, 0) is 35.2 Å². The number of carbonyl (C=O) groups is 3. The van der Waals surface area contributed by atoms with Crippen molar-refractivity contribution in [1.82, 2.24) is 20.0 Å². The number of guanidine groups is 1. The summed E-state index contributed by atoms with van der Waals surface area (Å²) in [6, 6.07) is 3.28. The Morgan fingerprint density at radius 2 is 1.95 bits per heavy atom. The normalized spacial score (nSPS) is 25.1. The van der Waals surface area contributed by atoms with E-state index in [0.29, 0.717) is 34.6 Å². The van der Waals surface area contributed by atoms with Crippen molar-refractivity contribution in [3.63, 3.8) is 0 Å². The van der Waals surface area contributed by atoms with Crippen molar-refractivity contribution < 1.29 is 31.7 Å². The largest absolute Gasteiger partial charge is 0.466 e. The Labute approximate surface area is 243 Å². The predicted octanol–water partition coefficient (Wildman–Crippen LogP) is 2.44. The Balaban J connectivity index is 1.57. The van der Waals surface area contributed by atoms with E-state index in [-0.39, 0.29) is 37.6 Å². The van der Waals surface area contributed by atoms with Gasteiger partial charge in [0.1, 0.15) is 0 Å². The highest BCUT2D eigenvalue weighted by Crippen LogP contribution is 2.31. The maximum atomic E-state index is 13.8. The third kappa shape index (κ3) is 6.81. The van der Waals surface area contributed by atoms with Crippen LogP contribution in [0.5, 0.6) is 0 Å². The van der Waals surface area contributed by atoms with E-state index in [2.05, 4.69) is 10.3 Å². The fraction of sp³-hybridized carbons (Fsp3) is 0.600. The lowest BCUT2D eigenvalue weighted by Crippen LogP contribution is -2.65. The van der Waals surface area contributed by atoms with Gasteiger partial charge in [0.15, 0.2) is 18.2 Å². The molecule has 40 heavy (non-hydrogen) atoms. The number of halogens is 2. The lowest BCUT2D eigenvalue weighted by Gasteiger charge is -2.41. The van der Waals surface area contributed by atoms with Gasteiger partial charge in [0.2, 0.25) is 0 Å². The van der Waals surface area contributed by atoms with Crippen molar-refractivity contribution in [2.45, 2.75) is 57.4 Å². The van der Waals surface area contributed by atoms with Crippen LogP contribution in [-0.4, -0.2) is 98.3 Å². The molecule has 1 aliphatic carbocycles. The van der Waals surface area contributed by atoms with E-state index in [9.17, 15) is 22.8 Å². The lowest BCUT2D eigenvalue weighted by atomic mass is 9.86. The van der Waals surface area contributed by atoms with Gasteiger partial charge < -0.3 is 19.9 Å². The molecule has 220 valence electrons. The molecule has 1 saturated carbocycles. The second-order valence-corrected chi connectivity index (χ2v) is 12.5. The smallest absolute Gasteiger partial charge is 0.328 e. The molecule has 0 radical (unpaired) electrons. The molecule has 1 N–H and O–H groups in total. The van der Waals surface area contributed by atoms with Gasteiger partial charge in [-0.2, -0.15) is 8.42 Å². The Morgan fingerprint density at radius 1 is 1.20 bits per heavy atom. The first kappa shape index (κ1) is 30.4. The fourth-order valence-electron chi connectivity index (χ4n) is 5.28. The number of nitrogens with zero attached hydrogens (tertiary/aromatic N) is 4. The molecule has 2 heterocycles. The molecule has 1 aromatic carbocycles. The second kappa shape index (κ2) is 12.5. The summed E-state index contributed by atoms with van der Waals surface area (Å²) in [5.74, 6) is -0.656. The number of aliphatic imine (C=N–C) groups is 1. The van der Waals surface area contributed by atoms with E-state index in [4.69, 9.17) is 32.1 Å². The molecular formula is C25H33Cl2N5O7S. The van der Waals surface area contributed by atoms with Crippen molar-refractivity contribution in [2.24, 2.45) is 10.9 Å². The molecule has 0 spiro atoms. The third-order valence-electron chi connectivity index (χ3n) is 7.17.